The van der Waals surface area contributed by atoms with Crippen LogP contribution < -0.4 is 11.0 Å². The number of aryl methyl sites for hydroxylation is 2. The second kappa shape index (κ2) is 12.0. The number of hydrogen-bond acceptors (Lipinski definition) is 10. The van der Waals surface area contributed by atoms with Crippen LogP contribution in [0.2, 0.25) is 0 Å². The highest BCUT2D eigenvalue weighted by Gasteiger charge is 2.22. The summed E-state index contributed by atoms with van der Waals surface area (Å²) in [5.41, 5.74) is 6.73. The van der Waals surface area contributed by atoms with Crippen molar-refractivity contribution in [2.75, 3.05) is 0 Å². The number of hydroxylamine groups is 2. The zero-order valence-corrected chi connectivity index (χ0v) is 22.7. The smallest absolute Gasteiger partial charge is 0.243 e. The first-order chi connectivity index (χ1) is 16.9. The predicted molar refractivity (Wildman–Crippen MR) is 142 cm³/mol. The van der Waals surface area contributed by atoms with E-state index in [9.17, 15) is 16.8 Å². The SMILES string of the molecule is C=C(NOS(=O)(=O)c1cccc(S(=O)(=O)ONC(=C)Sc2ccc(C)cc2)c1)Sc1ccc(C)cc1. The van der Waals surface area contributed by atoms with Gasteiger partial charge in [0.15, 0.2) is 0 Å². The van der Waals surface area contributed by atoms with E-state index in [1.54, 1.807) is 0 Å². The molecule has 0 amide bonds. The molecule has 3 rings (SSSR count). The lowest BCUT2D eigenvalue weighted by atomic mass is 10.2. The number of nitrogens with one attached hydrogen (secondary N) is 2. The predicted octanol–water partition coefficient (Wildman–Crippen LogP) is 5.25. The Morgan fingerprint density at radius 3 is 1.39 bits per heavy atom. The van der Waals surface area contributed by atoms with Gasteiger partial charge in [-0.1, -0.05) is 78.1 Å². The van der Waals surface area contributed by atoms with Crippen LogP contribution in [0, 0.1) is 13.8 Å². The summed E-state index contributed by atoms with van der Waals surface area (Å²) in [6.45, 7) is 11.4. The van der Waals surface area contributed by atoms with Gasteiger partial charge in [0.05, 0.1) is 19.8 Å². The van der Waals surface area contributed by atoms with Gasteiger partial charge in [-0.05, 0) is 56.3 Å². The Labute approximate surface area is 220 Å². The van der Waals surface area contributed by atoms with Gasteiger partial charge in [-0.25, -0.2) is 11.0 Å². The second-order valence-corrected chi connectivity index (χ2v) is 12.9. The molecule has 8 nitrogen and oxygen atoms in total. The van der Waals surface area contributed by atoms with E-state index in [1.165, 1.54) is 41.7 Å². The van der Waals surface area contributed by atoms with E-state index in [1.807, 2.05) is 62.4 Å². The molecule has 12 heteroatoms. The van der Waals surface area contributed by atoms with Crippen LogP contribution in [0.25, 0.3) is 0 Å². The van der Waals surface area contributed by atoms with Gasteiger partial charge in [0.1, 0.15) is 0 Å². The van der Waals surface area contributed by atoms with Crippen LogP contribution >= 0.6 is 23.5 Å². The van der Waals surface area contributed by atoms with E-state index in [0.29, 0.717) is 0 Å². The van der Waals surface area contributed by atoms with Crippen molar-refractivity contribution in [3.05, 3.63) is 107 Å². The first-order valence-corrected chi connectivity index (χ1v) is 14.8. The topological polar surface area (TPSA) is 111 Å². The lowest BCUT2D eigenvalue weighted by Crippen LogP contribution is -2.20. The highest BCUT2D eigenvalue weighted by atomic mass is 32.2. The molecule has 0 bridgehead atoms. The fourth-order valence-electron chi connectivity index (χ4n) is 2.62. The fraction of sp³-hybridized carbons (Fsp3) is 0.0833. The average Bonchev–Trinajstić information content (AvgIpc) is 2.85. The second-order valence-electron chi connectivity index (χ2n) is 7.43. The summed E-state index contributed by atoms with van der Waals surface area (Å²) in [5, 5.41) is 0.451. The summed E-state index contributed by atoms with van der Waals surface area (Å²) in [4.78, 5) is 0.888. The first kappa shape index (κ1) is 27.8. The van der Waals surface area contributed by atoms with Crippen molar-refractivity contribution in [1.82, 2.24) is 11.0 Å². The third-order valence-corrected chi connectivity index (χ3v) is 8.38. The Kier molecular flexibility index (Phi) is 9.28. The van der Waals surface area contributed by atoms with Gasteiger partial charge < -0.3 is 0 Å². The van der Waals surface area contributed by atoms with Crippen molar-refractivity contribution < 1.29 is 25.4 Å². The highest BCUT2D eigenvalue weighted by molar-refractivity contribution is 8.03. The zero-order chi connectivity index (χ0) is 26.3. The van der Waals surface area contributed by atoms with Crippen molar-refractivity contribution in [2.24, 2.45) is 0 Å². The summed E-state index contributed by atoms with van der Waals surface area (Å²) in [7, 11) is -8.72. The standard InChI is InChI=1S/C24H24N2O6S4/c1-17-8-12-21(13-9-17)33-19(3)25-31-35(27,28)23-6-5-7-24(16-23)36(29,30)32-26-20(4)34-22-14-10-18(2)11-15-22/h5-16,25-26H,3-4H2,1-2H3. The summed E-state index contributed by atoms with van der Waals surface area (Å²) < 4.78 is 60.1. The average molecular weight is 565 g/mol. The van der Waals surface area contributed by atoms with Gasteiger partial charge in [0, 0.05) is 9.79 Å². The van der Waals surface area contributed by atoms with Gasteiger partial charge in [-0.15, -0.1) is 8.57 Å². The van der Waals surface area contributed by atoms with E-state index in [-0.39, 0.29) is 19.8 Å². The summed E-state index contributed by atoms with van der Waals surface area (Å²) in [5.74, 6) is 0. The van der Waals surface area contributed by atoms with Crippen molar-refractivity contribution >= 4 is 43.8 Å². The maximum atomic E-state index is 12.6. The van der Waals surface area contributed by atoms with Crippen molar-refractivity contribution in [3.8, 4) is 0 Å². The van der Waals surface area contributed by atoms with Gasteiger partial charge in [0.25, 0.3) is 0 Å². The minimum atomic E-state index is -4.36. The van der Waals surface area contributed by atoms with Crippen molar-refractivity contribution in [1.29, 1.82) is 0 Å². The molecule has 0 fully saturated rings. The molecule has 0 saturated heterocycles. The maximum Gasteiger partial charge on any atom is 0.317 e. The van der Waals surface area contributed by atoms with Crippen LogP contribution in [-0.4, -0.2) is 16.8 Å². The molecule has 0 aromatic heterocycles. The highest BCUT2D eigenvalue weighted by Crippen LogP contribution is 2.26. The van der Waals surface area contributed by atoms with Crippen LogP contribution in [0.1, 0.15) is 11.1 Å². The maximum absolute atomic E-state index is 12.6. The molecule has 36 heavy (non-hydrogen) atoms. The van der Waals surface area contributed by atoms with E-state index < -0.39 is 20.2 Å². The third-order valence-electron chi connectivity index (χ3n) is 4.44. The quantitative estimate of drug-likeness (QED) is 0.223. The molecule has 0 unspecified atom stereocenters. The lowest BCUT2D eigenvalue weighted by molar-refractivity contribution is 0.245. The largest absolute Gasteiger partial charge is 0.317 e. The third kappa shape index (κ3) is 8.15. The van der Waals surface area contributed by atoms with Crippen LogP contribution in [0.3, 0.4) is 0 Å². The van der Waals surface area contributed by atoms with Crippen molar-refractivity contribution in [2.45, 2.75) is 33.4 Å². The van der Waals surface area contributed by atoms with E-state index >= 15 is 0 Å². The number of rotatable bonds is 12. The van der Waals surface area contributed by atoms with Gasteiger partial charge in [0.2, 0.25) is 0 Å². The Balaban J connectivity index is 1.60. The summed E-state index contributed by atoms with van der Waals surface area (Å²) in [6.07, 6.45) is 0. The first-order valence-electron chi connectivity index (χ1n) is 10.3. The molecule has 0 aliphatic rings. The molecular weight excluding hydrogens is 541 g/mol. The fourth-order valence-corrected chi connectivity index (χ4v) is 5.73. The Bertz CT molecular complexity index is 1340. The van der Waals surface area contributed by atoms with E-state index in [0.717, 1.165) is 27.0 Å². The molecular formula is C24H24N2O6S4. The van der Waals surface area contributed by atoms with Gasteiger partial charge >= 0.3 is 20.2 Å². The van der Waals surface area contributed by atoms with E-state index in [4.69, 9.17) is 8.57 Å². The molecule has 0 spiro atoms. The monoisotopic (exact) mass is 564 g/mol. The van der Waals surface area contributed by atoms with Gasteiger partial charge in [-0.2, -0.15) is 16.8 Å². The molecule has 0 atom stereocenters. The number of thioether (sulfide) groups is 2. The molecule has 3 aromatic rings. The molecule has 0 aliphatic carbocycles. The normalized spacial score (nSPS) is 11.6. The Morgan fingerprint density at radius 1 is 0.667 bits per heavy atom. The lowest BCUT2D eigenvalue weighted by Gasteiger charge is -2.12. The molecule has 3 aromatic carbocycles. The number of benzene rings is 3. The minimum absolute atomic E-state index is 0.225. The van der Waals surface area contributed by atoms with Crippen LogP contribution in [0.5, 0.6) is 0 Å². The Hall–Kier alpha value is -2.74. The van der Waals surface area contributed by atoms with Crippen LogP contribution in [0.15, 0.2) is 116 Å². The molecule has 190 valence electrons. The summed E-state index contributed by atoms with van der Waals surface area (Å²) in [6, 6.07) is 19.7. The molecule has 0 radical (unpaired) electrons. The molecule has 2 N–H and O–H groups in total. The Morgan fingerprint density at radius 2 is 1.03 bits per heavy atom. The summed E-state index contributed by atoms with van der Waals surface area (Å²) >= 11 is 2.35. The molecule has 0 aliphatic heterocycles. The molecule has 0 saturated carbocycles. The van der Waals surface area contributed by atoms with Crippen molar-refractivity contribution in [3.63, 3.8) is 0 Å². The van der Waals surface area contributed by atoms with Crippen LogP contribution in [0.4, 0.5) is 0 Å². The minimum Gasteiger partial charge on any atom is -0.243 e. The van der Waals surface area contributed by atoms with E-state index in [2.05, 4.69) is 24.1 Å². The number of hydrogen-bond donors (Lipinski definition) is 2. The van der Waals surface area contributed by atoms with Gasteiger partial charge in [-0.3, -0.25) is 0 Å². The zero-order valence-electron chi connectivity index (χ0n) is 19.4. The van der Waals surface area contributed by atoms with Crippen LogP contribution in [-0.2, 0) is 28.8 Å². The molecule has 0 heterocycles.